The van der Waals surface area contributed by atoms with Crippen LogP contribution in [-0.2, 0) is 10.3 Å². The third-order valence-corrected chi connectivity index (χ3v) is 7.62. The topological polar surface area (TPSA) is 12.5 Å². The van der Waals surface area contributed by atoms with E-state index in [1.165, 1.54) is 0 Å². The summed E-state index contributed by atoms with van der Waals surface area (Å²) in [6.07, 6.45) is 6.25. The molecule has 1 saturated carbocycles. The molecule has 2 nitrogen and oxygen atoms in total. The van der Waals surface area contributed by atoms with E-state index in [9.17, 15) is 4.39 Å². The Hall–Kier alpha value is -0.930. The first-order valence-electron chi connectivity index (χ1n) is 10.7. The molecule has 0 unspecified atom stereocenters. The van der Waals surface area contributed by atoms with Crippen LogP contribution >= 0.6 is 0 Å². The first-order chi connectivity index (χ1) is 12.5. The number of hydrogen-bond donors (Lipinski definition) is 0. The van der Waals surface area contributed by atoms with E-state index in [4.69, 9.17) is 4.84 Å². The fourth-order valence-corrected chi connectivity index (χ4v) is 6.03. The Morgan fingerprint density at radius 2 is 1.73 bits per heavy atom. The number of rotatable bonds is 6. The summed E-state index contributed by atoms with van der Waals surface area (Å²) in [5, 5.41) is 2.27. The van der Waals surface area contributed by atoms with Crippen LogP contribution < -0.4 is 0 Å². The molecule has 4 atom stereocenters. The van der Waals surface area contributed by atoms with Gasteiger partial charge in [0.2, 0.25) is 0 Å². The second-order valence-corrected chi connectivity index (χ2v) is 8.38. The van der Waals surface area contributed by atoms with Crippen LogP contribution in [0.15, 0.2) is 24.3 Å². The fraction of sp³-hybridized carbons (Fsp3) is 0.739. The molecular weight excluding hydrogens is 325 g/mol. The molecule has 146 valence electrons. The average molecular weight is 362 g/mol. The number of hydroxylamine groups is 2. The standard InChI is InChI=1S/C23H36FNO/c1-6-17-15-22(7-2,18-13-11-12-14-20(18)24)16-19-21(17)25(10-5)26-23(19,8-3)9-4/h11-14,17,19,21H,6-10,15-16H2,1-5H3/t17-,19+,21+,22+/m0/s1. The van der Waals surface area contributed by atoms with Crippen LogP contribution in [0.2, 0.25) is 0 Å². The highest BCUT2D eigenvalue weighted by molar-refractivity contribution is 5.30. The number of fused-ring (bicyclic) bond motifs is 1. The Bertz CT molecular complexity index is 614. The van der Waals surface area contributed by atoms with Crippen LogP contribution in [0.1, 0.15) is 78.7 Å². The van der Waals surface area contributed by atoms with Crippen molar-refractivity contribution in [3.05, 3.63) is 35.6 Å². The van der Waals surface area contributed by atoms with Crippen molar-refractivity contribution in [2.24, 2.45) is 11.8 Å². The summed E-state index contributed by atoms with van der Waals surface area (Å²) < 4.78 is 14.8. The molecule has 1 aromatic rings. The summed E-state index contributed by atoms with van der Waals surface area (Å²) in [6, 6.07) is 7.94. The summed E-state index contributed by atoms with van der Waals surface area (Å²) >= 11 is 0. The van der Waals surface area contributed by atoms with E-state index in [0.29, 0.717) is 17.9 Å². The number of nitrogens with zero attached hydrogens (tertiary/aromatic N) is 1. The van der Waals surface area contributed by atoms with E-state index in [2.05, 4.69) is 39.7 Å². The first-order valence-corrected chi connectivity index (χ1v) is 10.7. The van der Waals surface area contributed by atoms with Crippen LogP contribution in [0.4, 0.5) is 4.39 Å². The molecule has 0 spiro atoms. The van der Waals surface area contributed by atoms with Gasteiger partial charge in [-0.05, 0) is 55.1 Å². The van der Waals surface area contributed by atoms with E-state index < -0.39 is 0 Å². The zero-order valence-corrected chi connectivity index (χ0v) is 17.2. The average Bonchev–Trinajstić information content (AvgIpc) is 3.01. The minimum atomic E-state index is -0.0970. The quantitative estimate of drug-likeness (QED) is 0.606. The van der Waals surface area contributed by atoms with Gasteiger partial charge in [0.25, 0.3) is 0 Å². The van der Waals surface area contributed by atoms with Gasteiger partial charge in [-0.3, -0.25) is 4.84 Å². The molecule has 3 heteroatoms. The maximum absolute atomic E-state index is 14.8. The van der Waals surface area contributed by atoms with Crippen LogP contribution in [0.3, 0.4) is 0 Å². The molecule has 0 bridgehead atoms. The molecule has 0 amide bonds. The van der Waals surface area contributed by atoms with Crippen molar-refractivity contribution in [1.82, 2.24) is 5.06 Å². The van der Waals surface area contributed by atoms with Crippen molar-refractivity contribution in [2.75, 3.05) is 6.54 Å². The molecule has 1 aliphatic heterocycles. The van der Waals surface area contributed by atoms with E-state index in [1.807, 2.05) is 18.2 Å². The van der Waals surface area contributed by atoms with E-state index in [0.717, 1.165) is 50.6 Å². The van der Waals surface area contributed by atoms with Gasteiger partial charge < -0.3 is 0 Å². The van der Waals surface area contributed by atoms with Crippen LogP contribution in [0.25, 0.3) is 0 Å². The summed E-state index contributed by atoms with van der Waals surface area (Å²) in [6.45, 7) is 12.2. The molecule has 1 heterocycles. The number of hydrogen-bond acceptors (Lipinski definition) is 2. The highest BCUT2D eigenvalue weighted by atomic mass is 19.1. The molecule has 0 aromatic heterocycles. The fourth-order valence-electron chi connectivity index (χ4n) is 6.03. The van der Waals surface area contributed by atoms with E-state index in [1.54, 1.807) is 6.07 Å². The lowest BCUT2D eigenvalue weighted by Gasteiger charge is -2.49. The molecule has 2 aliphatic rings. The second-order valence-electron chi connectivity index (χ2n) is 8.38. The summed E-state index contributed by atoms with van der Waals surface area (Å²) in [7, 11) is 0. The SMILES string of the molecule is CC[C@H]1C[C@@](CC)(c2ccccc2F)C[C@@H]2[C@@H]1N(CC)OC2(CC)CC. The lowest BCUT2D eigenvalue weighted by molar-refractivity contribution is -0.210. The van der Waals surface area contributed by atoms with Crippen LogP contribution in [0.5, 0.6) is 0 Å². The van der Waals surface area contributed by atoms with Crippen molar-refractivity contribution < 1.29 is 9.23 Å². The van der Waals surface area contributed by atoms with Crippen molar-refractivity contribution in [1.29, 1.82) is 0 Å². The molecule has 0 N–H and O–H groups in total. The molecule has 26 heavy (non-hydrogen) atoms. The lowest BCUT2D eigenvalue weighted by atomic mass is 9.55. The third kappa shape index (κ3) is 2.92. The predicted octanol–water partition coefficient (Wildman–Crippen LogP) is 6.10. The van der Waals surface area contributed by atoms with Crippen molar-refractivity contribution in [3.8, 4) is 0 Å². The van der Waals surface area contributed by atoms with Crippen molar-refractivity contribution in [3.63, 3.8) is 0 Å². The second kappa shape index (κ2) is 7.59. The van der Waals surface area contributed by atoms with Crippen molar-refractivity contribution in [2.45, 2.75) is 90.2 Å². The van der Waals surface area contributed by atoms with Gasteiger partial charge in [0.05, 0.1) is 5.60 Å². The molecule has 0 radical (unpaired) electrons. The Kier molecular flexibility index (Phi) is 5.79. The van der Waals surface area contributed by atoms with E-state index in [-0.39, 0.29) is 16.8 Å². The summed E-state index contributed by atoms with van der Waals surface area (Å²) in [5.41, 5.74) is 0.756. The highest BCUT2D eigenvalue weighted by Crippen LogP contribution is 2.57. The minimum absolute atomic E-state index is 0.0347. The molecule has 1 aliphatic carbocycles. The van der Waals surface area contributed by atoms with Gasteiger partial charge in [-0.2, -0.15) is 5.06 Å². The van der Waals surface area contributed by atoms with Gasteiger partial charge in [-0.15, -0.1) is 0 Å². The van der Waals surface area contributed by atoms with Gasteiger partial charge in [0.1, 0.15) is 5.82 Å². The molecule has 1 saturated heterocycles. The zero-order valence-electron chi connectivity index (χ0n) is 17.2. The predicted molar refractivity (Wildman–Crippen MR) is 105 cm³/mol. The van der Waals surface area contributed by atoms with Crippen LogP contribution in [-0.4, -0.2) is 23.3 Å². The Labute approximate surface area is 159 Å². The molecule has 3 rings (SSSR count). The molecule has 1 aromatic carbocycles. The summed E-state index contributed by atoms with van der Waals surface area (Å²) in [4.78, 5) is 6.62. The lowest BCUT2D eigenvalue weighted by Crippen LogP contribution is -2.51. The largest absolute Gasteiger partial charge is 0.292 e. The zero-order chi connectivity index (χ0) is 18.9. The third-order valence-electron chi connectivity index (χ3n) is 7.62. The first kappa shape index (κ1) is 19.8. The van der Waals surface area contributed by atoms with Gasteiger partial charge in [-0.1, -0.05) is 59.2 Å². The van der Waals surface area contributed by atoms with Gasteiger partial charge in [0, 0.05) is 18.5 Å². The normalized spacial score (nSPS) is 34.0. The van der Waals surface area contributed by atoms with Gasteiger partial charge >= 0.3 is 0 Å². The summed E-state index contributed by atoms with van der Waals surface area (Å²) in [5.74, 6) is 0.983. The number of benzene rings is 1. The Morgan fingerprint density at radius 1 is 1.04 bits per heavy atom. The van der Waals surface area contributed by atoms with Gasteiger partial charge in [-0.25, -0.2) is 4.39 Å². The minimum Gasteiger partial charge on any atom is -0.292 e. The van der Waals surface area contributed by atoms with Crippen LogP contribution in [0, 0.1) is 17.7 Å². The number of halogens is 1. The highest BCUT2D eigenvalue weighted by Gasteiger charge is 2.59. The Morgan fingerprint density at radius 3 is 2.27 bits per heavy atom. The maximum atomic E-state index is 14.8. The monoisotopic (exact) mass is 361 g/mol. The molecule has 2 fully saturated rings. The smallest absolute Gasteiger partial charge is 0.126 e. The van der Waals surface area contributed by atoms with Gasteiger partial charge in [0.15, 0.2) is 0 Å². The maximum Gasteiger partial charge on any atom is 0.126 e. The molecular formula is C23H36FNO. The Balaban J connectivity index is 2.09. The van der Waals surface area contributed by atoms with Crippen molar-refractivity contribution >= 4 is 0 Å². The van der Waals surface area contributed by atoms with E-state index >= 15 is 0 Å².